The van der Waals surface area contributed by atoms with Crippen molar-refractivity contribution in [2.45, 2.75) is 72.1 Å². The molecule has 0 aromatic heterocycles. The summed E-state index contributed by atoms with van der Waals surface area (Å²) in [6.45, 7) is 7.11. The number of hydrogen-bond acceptors (Lipinski definition) is 4. The fraction of sp³-hybridized carbons (Fsp3) is 0.864. The van der Waals surface area contributed by atoms with E-state index < -0.39 is 0 Å². The van der Waals surface area contributed by atoms with Crippen LogP contribution in [-0.4, -0.2) is 16.5 Å². The van der Waals surface area contributed by atoms with Gasteiger partial charge < -0.3 is 0 Å². The van der Waals surface area contributed by atoms with Crippen molar-refractivity contribution < 1.29 is 9.72 Å². The van der Waals surface area contributed by atoms with E-state index in [2.05, 4.69) is 33.4 Å². The van der Waals surface area contributed by atoms with Crippen LogP contribution in [0.1, 0.15) is 72.1 Å². The summed E-state index contributed by atoms with van der Waals surface area (Å²) >= 11 is 4.59. The molecule has 3 saturated carbocycles. The third-order valence-corrected chi connectivity index (χ3v) is 9.90. The third kappa shape index (κ3) is 2.67. The second kappa shape index (κ2) is 6.60. The first kappa shape index (κ1) is 19.5. The fourth-order valence-electron chi connectivity index (χ4n) is 8.00. The zero-order chi connectivity index (χ0) is 19.6. The summed E-state index contributed by atoms with van der Waals surface area (Å²) in [5.41, 5.74) is 1.08. The standard InChI is InChI=1S/C22H33NO3S/c1-13(12-27)15-6-7-16-14-4-5-18-20(23(25)26)19(24)9-11-22(18,3)17(14)8-10-21(15,16)2/h13-17,27H,4-12H2,1-3H3/t13?,14-,15+,16-,17-,21+,22+/m0/s1. The molecule has 0 aromatic rings. The Morgan fingerprint density at radius 2 is 1.89 bits per heavy atom. The average Bonchev–Trinajstić information content (AvgIpc) is 2.98. The van der Waals surface area contributed by atoms with Gasteiger partial charge in [-0.3, -0.25) is 14.9 Å². The lowest BCUT2D eigenvalue weighted by atomic mass is 9.46. The number of thiol groups is 1. The number of carbonyl (C=O) groups excluding carboxylic acids is 1. The first-order valence-electron chi connectivity index (χ1n) is 10.8. The summed E-state index contributed by atoms with van der Waals surface area (Å²) in [4.78, 5) is 23.5. The summed E-state index contributed by atoms with van der Waals surface area (Å²) in [6.07, 6.45) is 7.93. The molecule has 0 aliphatic heterocycles. The number of allylic oxidation sites excluding steroid dienone is 1. The maximum atomic E-state index is 12.3. The summed E-state index contributed by atoms with van der Waals surface area (Å²) in [6, 6.07) is 0. The summed E-state index contributed by atoms with van der Waals surface area (Å²) in [5.74, 6) is 4.04. The van der Waals surface area contributed by atoms with Crippen molar-refractivity contribution >= 4 is 18.4 Å². The molecule has 27 heavy (non-hydrogen) atoms. The smallest absolute Gasteiger partial charge is 0.287 e. The minimum atomic E-state index is -0.387. The number of nitrogens with zero attached hydrogens (tertiary/aromatic N) is 1. The van der Waals surface area contributed by atoms with Gasteiger partial charge in [0.1, 0.15) is 0 Å². The minimum Gasteiger partial charge on any atom is -0.287 e. The third-order valence-electron chi connectivity index (χ3n) is 9.32. The van der Waals surface area contributed by atoms with Gasteiger partial charge in [-0.15, -0.1) is 0 Å². The quantitative estimate of drug-likeness (QED) is 0.403. The maximum absolute atomic E-state index is 12.3. The highest BCUT2D eigenvalue weighted by molar-refractivity contribution is 7.80. The molecule has 3 fully saturated rings. The van der Waals surface area contributed by atoms with E-state index in [-0.39, 0.29) is 21.8 Å². The van der Waals surface area contributed by atoms with Crippen LogP contribution in [0.3, 0.4) is 0 Å². The zero-order valence-electron chi connectivity index (χ0n) is 16.9. The van der Waals surface area contributed by atoms with E-state index in [4.69, 9.17) is 0 Å². The fourth-order valence-corrected chi connectivity index (χ4v) is 8.26. The lowest BCUT2D eigenvalue weighted by molar-refractivity contribution is -0.422. The Kier molecular flexibility index (Phi) is 4.76. The van der Waals surface area contributed by atoms with Crippen LogP contribution in [0.2, 0.25) is 0 Å². The first-order valence-corrected chi connectivity index (χ1v) is 11.4. The highest BCUT2D eigenvalue weighted by Crippen LogP contribution is 2.67. The van der Waals surface area contributed by atoms with E-state index in [0.717, 1.165) is 48.8 Å². The highest BCUT2D eigenvalue weighted by atomic mass is 32.1. The molecule has 4 aliphatic rings. The number of fused-ring (bicyclic) bond motifs is 5. The topological polar surface area (TPSA) is 60.2 Å². The van der Waals surface area contributed by atoms with Gasteiger partial charge in [0.25, 0.3) is 0 Å². The Morgan fingerprint density at radius 3 is 2.56 bits per heavy atom. The van der Waals surface area contributed by atoms with Gasteiger partial charge in [0, 0.05) is 12.0 Å². The SMILES string of the molecule is CC(CS)[C@H]1CC[C@H]2[C@@H]3CCC4=C([N+](=O)[O-])C(=O)CC[C@]4(C)[C@H]3CC[C@]12C. The van der Waals surface area contributed by atoms with E-state index in [0.29, 0.717) is 29.6 Å². The van der Waals surface area contributed by atoms with Crippen LogP contribution < -0.4 is 0 Å². The van der Waals surface area contributed by atoms with Crippen molar-refractivity contribution in [3.63, 3.8) is 0 Å². The summed E-state index contributed by atoms with van der Waals surface area (Å²) in [7, 11) is 0. The molecule has 0 aromatic carbocycles. The van der Waals surface area contributed by atoms with E-state index >= 15 is 0 Å². The van der Waals surface area contributed by atoms with Crippen molar-refractivity contribution in [3.8, 4) is 0 Å². The van der Waals surface area contributed by atoms with Gasteiger partial charge in [0.05, 0.1) is 4.92 Å². The van der Waals surface area contributed by atoms with Crippen molar-refractivity contribution in [3.05, 3.63) is 21.4 Å². The van der Waals surface area contributed by atoms with Gasteiger partial charge in [-0.25, -0.2) is 0 Å². The number of ketones is 1. The van der Waals surface area contributed by atoms with Crippen LogP contribution in [0.4, 0.5) is 0 Å². The van der Waals surface area contributed by atoms with Crippen molar-refractivity contribution in [1.82, 2.24) is 0 Å². The van der Waals surface area contributed by atoms with Crippen molar-refractivity contribution in [2.24, 2.45) is 40.4 Å². The number of nitro groups is 1. The van der Waals surface area contributed by atoms with E-state index in [9.17, 15) is 14.9 Å². The Bertz CT molecular complexity index is 704. The van der Waals surface area contributed by atoms with Crippen LogP contribution in [-0.2, 0) is 4.79 Å². The number of Topliss-reactive ketones (excluding diaryl/α,β-unsaturated/α-hetero) is 1. The largest absolute Gasteiger partial charge is 0.311 e. The molecule has 7 atom stereocenters. The van der Waals surface area contributed by atoms with E-state index in [1.54, 1.807) is 0 Å². The van der Waals surface area contributed by atoms with Crippen LogP contribution in [0.5, 0.6) is 0 Å². The van der Waals surface area contributed by atoms with Gasteiger partial charge in [0.2, 0.25) is 5.78 Å². The van der Waals surface area contributed by atoms with Crippen LogP contribution in [0.25, 0.3) is 0 Å². The number of hydrogen-bond donors (Lipinski definition) is 1. The molecule has 4 aliphatic carbocycles. The van der Waals surface area contributed by atoms with Gasteiger partial charge in [-0.1, -0.05) is 20.8 Å². The van der Waals surface area contributed by atoms with E-state index in [1.807, 2.05) is 0 Å². The Morgan fingerprint density at radius 1 is 1.15 bits per heavy atom. The molecule has 0 bridgehead atoms. The Balaban J connectivity index is 1.69. The average molecular weight is 392 g/mol. The lowest BCUT2D eigenvalue weighted by Gasteiger charge is -2.58. The molecular weight excluding hydrogens is 358 g/mol. The molecule has 0 heterocycles. The van der Waals surface area contributed by atoms with Crippen LogP contribution in [0.15, 0.2) is 11.3 Å². The van der Waals surface area contributed by atoms with Gasteiger partial charge >= 0.3 is 5.70 Å². The van der Waals surface area contributed by atoms with Gasteiger partial charge in [0.15, 0.2) is 0 Å². The molecule has 4 rings (SSSR count). The number of rotatable bonds is 3. The van der Waals surface area contributed by atoms with E-state index in [1.165, 1.54) is 19.3 Å². The molecule has 0 saturated heterocycles. The van der Waals surface area contributed by atoms with Gasteiger partial charge in [-0.05, 0) is 91.1 Å². The lowest BCUT2D eigenvalue weighted by Crippen LogP contribution is -2.51. The molecule has 1 unspecified atom stereocenters. The maximum Gasteiger partial charge on any atom is 0.311 e. The van der Waals surface area contributed by atoms with Crippen LogP contribution >= 0.6 is 12.6 Å². The van der Waals surface area contributed by atoms with Gasteiger partial charge in [-0.2, -0.15) is 12.6 Å². The molecule has 0 amide bonds. The normalized spacial score (nSPS) is 45.1. The summed E-state index contributed by atoms with van der Waals surface area (Å²) in [5, 5.41) is 11.6. The molecule has 5 heteroatoms. The molecule has 0 N–H and O–H groups in total. The Labute approximate surface area is 168 Å². The van der Waals surface area contributed by atoms with Crippen molar-refractivity contribution in [1.29, 1.82) is 0 Å². The zero-order valence-corrected chi connectivity index (χ0v) is 17.8. The van der Waals surface area contributed by atoms with Crippen LogP contribution in [0, 0.1) is 50.5 Å². The second-order valence-electron chi connectivity index (χ2n) is 10.2. The molecule has 150 valence electrons. The molecule has 0 spiro atoms. The highest BCUT2D eigenvalue weighted by Gasteiger charge is 2.61. The predicted molar refractivity (Wildman–Crippen MR) is 109 cm³/mol. The molecular formula is C22H33NO3S. The monoisotopic (exact) mass is 391 g/mol. The minimum absolute atomic E-state index is 0.0523. The predicted octanol–water partition coefficient (Wildman–Crippen LogP) is 5.30. The second-order valence-corrected chi connectivity index (χ2v) is 10.6. The van der Waals surface area contributed by atoms with Crippen molar-refractivity contribution in [2.75, 3.05) is 5.75 Å². The molecule has 4 nitrogen and oxygen atoms in total. The Hall–Kier alpha value is -0.840. The number of carbonyl (C=O) groups is 1. The summed E-state index contributed by atoms with van der Waals surface area (Å²) < 4.78 is 0. The first-order chi connectivity index (χ1) is 12.7. The molecule has 0 radical (unpaired) electrons.